The third-order valence-corrected chi connectivity index (χ3v) is 4.42. The van der Waals surface area contributed by atoms with E-state index in [4.69, 9.17) is 0 Å². The quantitative estimate of drug-likeness (QED) is 0.714. The highest BCUT2D eigenvalue weighted by atomic mass is 16.2. The highest BCUT2D eigenvalue weighted by molar-refractivity contribution is 5.98. The summed E-state index contributed by atoms with van der Waals surface area (Å²) >= 11 is 0. The van der Waals surface area contributed by atoms with Crippen LogP contribution in [0.3, 0.4) is 0 Å². The second kappa shape index (κ2) is 7.35. The van der Waals surface area contributed by atoms with E-state index in [9.17, 15) is 9.59 Å². The monoisotopic (exact) mass is 351 g/mol. The van der Waals surface area contributed by atoms with Crippen LogP contribution in [-0.4, -0.2) is 25.7 Å². The molecule has 7 heteroatoms. The first-order valence-electron chi connectivity index (χ1n) is 8.51. The normalized spacial score (nSPS) is 13.2. The van der Waals surface area contributed by atoms with Crippen molar-refractivity contribution in [2.45, 2.75) is 32.1 Å². The van der Waals surface area contributed by atoms with Crippen LogP contribution in [0.2, 0.25) is 0 Å². The Bertz CT molecular complexity index is 934. The molecule has 0 aliphatic carbocycles. The van der Waals surface area contributed by atoms with Gasteiger partial charge in [0.25, 0.3) is 5.56 Å². The standard InChI is InChI=1S/C19H21N5O2/c1-3-10-19(2,14-8-5-4-6-9-14)17(26)22-15-13-20-18(23-16(15)25)24-12-7-11-21-24/h4-9,11-13H,3,10H2,1-2H3,(H,22,26)(H,20,23,25). The van der Waals surface area contributed by atoms with Crippen molar-refractivity contribution in [1.29, 1.82) is 0 Å². The number of carbonyl (C=O) groups excluding carboxylic acids is 1. The number of hydrogen-bond acceptors (Lipinski definition) is 4. The number of rotatable bonds is 6. The van der Waals surface area contributed by atoms with Gasteiger partial charge in [-0.05, 0) is 25.0 Å². The van der Waals surface area contributed by atoms with Gasteiger partial charge in [0.15, 0.2) is 0 Å². The van der Waals surface area contributed by atoms with Crippen LogP contribution in [0.15, 0.2) is 59.8 Å². The van der Waals surface area contributed by atoms with Gasteiger partial charge in [-0.1, -0.05) is 43.7 Å². The molecule has 3 aromatic rings. The maximum Gasteiger partial charge on any atom is 0.276 e. The van der Waals surface area contributed by atoms with Gasteiger partial charge in [-0.25, -0.2) is 9.67 Å². The van der Waals surface area contributed by atoms with E-state index in [1.165, 1.54) is 10.9 Å². The molecule has 1 amide bonds. The van der Waals surface area contributed by atoms with Crippen LogP contribution in [0.4, 0.5) is 5.69 Å². The topological polar surface area (TPSA) is 92.7 Å². The number of H-pyrrole nitrogens is 1. The van der Waals surface area contributed by atoms with E-state index < -0.39 is 11.0 Å². The Morgan fingerprint density at radius 1 is 1.27 bits per heavy atom. The van der Waals surface area contributed by atoms with Crippen molar-refractivity contribution >= 4 is 11.6 Å². The van der Waals surface area contributed by atoms with Crippen molar-refractivity contribution < 1.29 is 4.79 Å². The summed E-state index contributed by atoms with van der Waals surface area (Å²) in [7, 11) is 0. The van der Waals surface area contributed by atoms with Gasteiger partial charge in [0.2, 0.25) is 11.9 Å². The number of aromatic nitrogens is 4. The number of nitrogens with zero attached hydrogens (tertiary/aromatic N) is 3. The van der Waals surface area contributed by atoms with Gasteiger partial charge in [0.1, 0.15) is 5.69 Å². The molecule has 0 bridgehead atoms. The highest BCUT2D eigenvalue weighted by Gasteiger charge is 2.34. The van der Waals surface area contributed by atoms with Crippen LogP contribution in [0.25, 0.3) is 5.95 Å². The van der Waals surface area contributed by atoms with Crippen LogP contribution < -0.4 is 10.9 Å². The lowest BCUT2D eigenvalue weighted by atomic mass is 9.78. The molecule has 1 unspecified atom stereocenters. The van der Waals surface area contributed by atoms with Gasteiger partial charge < -0.3 is 5.32 Å². The maximum atomic E-state index is 13.0. The third-order valence-electron chi connectivity index (χ3n) is 4.42. The number of aromatic amines is 1. The Hall–Kier alpha value is -3.22. The fourth-order valence-corrected chi connectivity index (χ4v) is 2.94. The number of carbonyl (C=O) groups is 1. The van der Waals surface area contributed by atoms with E-state index in [1.54, 1.807) is 18.5 Å². The first kappa shape index (κ1) is 17.6. The molecular formula is C19H21N5O2. The van der Waals surface area contributed by atoms with E-state index in [1.807, 2.05) is 44.2 Å². The third kappa shape index (κ3) is 3.42. The summed E-state index contributed by atoms with van der Waals surface area (Å²) in [6, 6.07) is 11.3. The summed E-state index contributed by atoms with van der Waals surface area (Å²) in [5.74, 6) is 0.0575. The molecule has 7 nitrogen and oxygen atoms in total. The summed E-state index contributed by atoms with van der Waals surface area (Å²) in [6.45, 7) is 3.92. The maximum absolute atomic E-state index is 13.0. The summed E-state index contributed by atoms with van der Waals surface area (Å²) in [5.41, 5.74) is -0.129. The summed E-state index contributed by atoms with van der Waals surface area (Å²) < 4.78 is 1.44. The lowest BCUT2D eigenvalue weighted by Gasteiger charge is -2.28. The number of benzene rings is 1. The Balaban J connectivity index is 1.87. The Kier molecular flexibility index (Phi) is 4.97. The molecule has 0 spiro atoms. The summed E-state index contributed by atoms with van der Waals surface area (Å²) in [4.78, 5) is 32.1. The van der Waals surface area contributed by atoms with Gasteiger partial charge in [-0.15, -0.1) is 0 Å². The van der Waals surface area contributed by atoms with Crippen LogP contribution in [0.5, 0.6) is 0 Å². The summed E-state index contributed by atoms with van der Waals surface area (Å²) in [5, 5.41) is 6.75. The minimum atomic E-state index is -0.733. The Labute approximate surface area is 151 Å². The zero-order chi connectivity index (χ0) is 18.6. The second-order valence-corrected chi connectivity index (χ2v) is 6.30. The Morgan fingerprint density at radius 2 is 2.04 bits per heavy atom. The second-order valence-electron chi connectivity index (χ2n) is 6.30. The predicted molar refractivity (Wildman–Crippen MR) is 99.3 cm³/mol. The van der Waals surface area contributed by atoms with Crippen LogP contribution >= 0.6 is 0 Å². The average molecular weight is 351 g/mol. The van der Waals surface area contributed by atoms with Crippen LogP contribution in [0, 0.1) is 0 Å². The fraction of sp³-hybridized carbons (Fsp3) is 0.263. The number of anilines is 1. The molecule has 0 saturated heterocycles. The minimum Gasteiger partial charge on any atom is -0.319 e. The molecule has 0 radical (unpaired) electrons. The first-order valence-corrected chi connectivity index (χ1v) is 8.51. The van der Waals surface area contributed by atoms with E-state index in [0.29, 0.717) is 6.42 Å². The van der Waals surface area contributed by atoms with Crippen LogP contribution in [0.1, 0.15) is 32.3 Å². The van der Waals surface area contributed by atoms with E-state index in [0.717, 1.165) is 12.0 Å². The van der Waals surface area contributed by atoms with E-state index in [2.05, 4.69) is 20.4 Å². The molecule has 1 aromatic carbocycles. The van der Waals surface area contributed by atoms with Crippen molar-refractivity contribution in [2.24, 2.45) is 0 Å². The van der Waals surface area contributed by atoms with Crippen molar-refractivity contribution in [3.8, 4) is 5.95 Å². The van der Waals surface area contributed by atoms with Gasteiger partial charge in [-0.3, -0.25) is 14.6 Å². The molecule has 2 N–H and O–H groups in total. The molecular weight excluding hydrogens is 330 g/mol. The average Bonchev–Trinajstić information content (AvgIpc) is 3.19. The highest BCUT2D eigenvalue weighted by Crippen LogP contribution is 2.30. The predicted octanol–water partition coefficient (Wildman–Crippen LogP) is 2.65. The molecule has 26 heavy (non-hydrogen) atoms. The molecule has 2 aromatic heterocycles. The SMILES string of the molecule is CCCC(C)(C(=O)Nc1cnc(-n2cccn2)[nH]c1=O)c1ccccc1. The van der Waals surface area contributed by atoms with Gasteiger partial charge in [0, 0.05) is 12.4 Å². The largest absolute Gasteiger partial charge is 0.319 e. The van der Waals surface area contributed by atoms with Gasteiger partial charge in [0.05, 0.1) is 11.6 Å². The van der Waals surface area contributed by atoms with Crippen LogP contribution in [-0.2, 0) is 10.2 Å². The molecule has 0 aliphatic heterocycles. The molecule has 1 atom stereocenters. The number of nitrogens with one attached hydrogen (secondary N) is 2. The molecule has 0 saturated carbocycles. The smallest absolute Gasteiger partial charge is 0.276 e. The lowest BCUT2D eigenvalue weighted by Crippen LogP contribution is -2.39. The van der Waals surface area contributed by atoms with E-state index >= 15 is 0 Å². The Morgan fingerprint density at radius 3 is 2.65 bits per heavy atom. The van der Waals surface area contributed by atoms with Gasteiger partial charge in [-0.2, -0.15) is 5.10 Å². The molecule has 2 heterocycles. The molecule has 134 valence electrons. The van der Waals surface area contributed by atoms with Crippen molar-refractivity contribution in [3.63, 3.8) is 0 Å². The lowest BCUT2D eigenvalue weighted by molar-refractivity contribution is -0.121. The summed E-state index contributed by atoms with van der Waals surface area (Å²) in [6.07, 6.45) is 6.12. The minimum absolute atomic E-state index is 0.115. The van der Waals surface area contributed by atoms with Gasteiger partial charge >= 0.3 is 0 Å². The molecule has 0 aliphatic rings. The zero-order valence-corrected chi connectivity index (χ0v) is 14.8. The number of amides is 1. The van der Waals surface area contributed by atoms with Crippen molar-refractivity contribution in [1.82, 2.24) is 19.7 Å². The van der Waals surface area contributed by atoms with Crippen molar-refractivity contribution in [3.05, 3.63) is 70.9 Å². The molecule has 0 fully saturated rings. The zero-order valence-electron chi connectivity index (χ0n) is 14.8. The van der Waals surface area contributed by atoms with Crippen molar-refractivity contribution in [2.75, 3.05) is 5.32 Å². The first-order chi connectivity index (χ1) is 12.5. The fourth-order valence-electron chi connectivity index (χ4n) is 2.94. The molecule has 3 rings (SSSR count). The van der Waals surface area contributed by atoms with E-state index in [-0.39, 0.29) is 17.5 Å². The number of hydrogen-bond donors (Lipinski definition) is 2.